The highest BCUT2D eigenvalue weighted by molar-refractivity contribution is 6.07. The van der Waals surface area contributed by atoms with Crippen molar-refractivity contribution < 1.29 is 14.3 Å². The lowest BCUT2D eigenvalue weighted by atomic mass is 10.1. The highest BCUT2D eigenvalue weighted by atomic mass is 16.5. The molecule has 0 aliphatic heterocycles. The number of hydrogen-bond donors (Lipinski definition) is 2. The van der Waals surface area contributed by atoms with Gasteiger partial charge in [-0.25, -0.2) is 14.8 Å². The Morgan fingerprint density at radius 3 is 2.39 bits per heavy atom. The molecular weight excluding hydrogens is 356 g/mol. The summed E-state index contributed by atoms with van der Waals surface area (Å²) in [5.74, 6) is -0.0309. The number of nitrogens with one attached hydrogen (secondary N) is 2. The highest BCUT2D eigenvalue weighted by Crippen LogP contribution is 2.19. The van der Waals surface area contributed by atoms with E-state index in [-0.39, 0.29) is 11.3 Å². The summed E-state index contributed by atoms with van der Waals surface area (Å²) >= 11 is 0. The standard InChI is InChI=1S/C21H20N4O3/c1-13-8-10-15(11-9-13)24-19-12-18(22-14(2)23-19)20(26)25-17-7-5-4-6-16(17)21(27)28-3/h4-12H,1-3H3,(H,25,26)(H,22,23,24). The molecule has 0 unspecified atom stereocenters. The van der Waals surface area contributed by atoms with Crippen molar-refractivity contribution in [3.05, 3.63) is 77.2 Å². The molecule has 28 heavy (non-hydrogen) atoms. The number of aromatic nitrogens is 2. The molecule has 0 aliphatic rings. The monoisotopic (exact) mass is 376 g/mol. The van der Waals surface area contributed by atoms with Crippen molar-refractivity contribution in [3.8, 4) is 0 Å². The van der Waals surface area contributed by atoms with Crippen LogP contribution in [-0.4, -0.2) is 29.0 Å². The van der Waals surface area contributed by atoms with Crippen molar-refractivity contribution in [3.63, 3.8) is 0 Å². The Hall–Kier alpha value is -3.74. The fourth-order valence-corrected chi connectivity index (χ4v) is 2.60. The van der Waals surface area contributed by atoms with Crippen LogP contribution in [0.1, 0.15) is 32.2 Å². The lowest BCUT2D eigenvalue weighted by Crippen LogP contribution is -2.17. The Kier molecular flexibility index (Phi) is 5.64. The van der Waals surface area contributed by atoms with Crippen molar-refractivity contribution in [1.29, 1.82) is 0 Å². The number of methoxy groups -OCH3 is 1. The van der Waals surface area contributed by atoms with Crippen molar-refractivity contribution in [2.45, 2.75) is 13.8 Å². The number of para-hydroxylation sites is 1. The van der Waals surface area contributed by atoms with E-state index in [1.54, 1.807) is 37.3 Å². The van der Waals surface area contributed by atoms with Crippen LogP contribution in [-0.2, 0) is 4.74 Å². The van der Waals surface area contributed by atoms with Crippen LogP contribution >= 0.6 is 0 Å². The van der Waals surface area contributed by atoms with Gasteiger partial charge in [0.05, 0.1) is 18.4 Å². The predicted molar refractivity (Wildman–Crippen MR) is 107 cm³/mol. The lowest BCUT2D eigenvalue weighted by Gasteiger charge is -2.11. The molecule has 1 heterocycles. The maximum Gasteiger partial charge on any atom is 0.339 e. The SMILES string of the molecule is COC(=O)c1ccccc1NC(=O)c1cc(Nc2ccc(C)cc2)nc(C)n1. The summed E-state index contributed by atoms with van der Waals surface area (Å²) in [6.07, 6.45) is 0. The zero-order valence-corrected chi connectivity index (χ0v) is 15.8. The fraction of sp³-hybridized carbons (Fsp3) is 0.143. The average molecular weight is 376 g/mol. The Morgan fingerprint density at radius 2 is 1.68 bits per heavy atom. The number of hydrogen-bond acceptors (Lipinski definition) is 6. The molecular formula is C21H20N4O3. The highest BCUT2D eigenvalue weighted by Gasteiger charge is 2.16. The van der Waals surface area contributed by atoms with Gasteiger partial charge >= 0.3 is 5.97 Å². The number of amides is 1. The second kappa shape index (κ2) is 8.30. The molecule has 0 fully saturated rings. The maximum absolute atomic E-state index is 12.7. The van der Waals surface area contributed by atoms with Gasteiger partial charge in [0, 0.05) is 11.8 Å². The van der Waals surface area contributed by atoms with Gasteiger partial charge in [0.2, 0.25) is 0 Å². The van der Waals surface area contributed by atoms with Gasteiger partial charge < -0.3 is 15.4 Å². The van der Waals surface area contributed by atoms with E-state index in [1.165, 1.54) is 7.11 Å². The largest absolute Gasteiger partial charge is 0.465 e. The molecule has 2 aromatic carbocycles. The quantitative estimate of drug-likeness (QED) is 0.657. The molecule has 2 N–H and O–H groups in total. The minimum absolute atomic E-state index is 0.182. The molecule has 0 saturated heterocycles. The van der Waals surface area contributed by atoms with Gasteiger partial charge in [0.15, 0.2) is 0 Å². The molecule has 7 nitrogen and oxygen atoms in total. The van der Waals surface area contributed by atoms with Gasteiger partial charge in [-0.15, -0.1) is 0 Å². The molecule has 0 radical (unpaired) electrons. The van der Waals surface area contributed by atoms with Gasteiger partial charge in [0.1, 0.15) is 17.3 Å². The summed E-state index contributed by atoms with van der Waals surface area (Å²) in [4.78, 5) is 33.1. The van der Waals surface area contributed by atoms with Gasteiger partial charge in [-0.1, -0.05) is 29.8 Å². The van der Waals surface area contributed by atoms with E-state index in [4.69, 9.17) is 4.74 Å². The number of nitrogens with zero attached hydrogens (tertiary/aromatic N) is 2. The van der Waals surface area contributed by atoms with Crippen molar-refractivity contribution >= 4 is 29.1 Å². The summed E-state index contributed by atoms with van der Waals surface area (Å²) in [6, 6.07) is 16.0. The number of ether oxygens (including phenoxy) is 1. The van der Waals surface area contributed by atoms with Gasteiger partial charge in [-0.3, -0.25) is 4.79 Å². The van der Waals surface area contributed by atoms with Crippen LogP contribution in [0.5, 0.6) is 0 Å². The minimum atomic E-state index is -0.531. The molecule has 0 atom stereocenters. The smallest absolute Gasteiger partial charge is 0.339 e. The van der Waals surface area contributed by atoms with Crippen LogP contribution < -0.4 is 10.6 Å². The van der Waals surface area contributed by atoms with Crippen LogP contribution in [0.15, 0.2) is 54.6 Å². The van der Waals surface area contributed by atoms with E-state index in [0.29, 0.717) is 17.3 Å². The molecule has 3 rings (SSSR count). The third-order valence-corrected chi connectivity index (χ3v) is 3.98. The molecule has 142 valence electrons. The molecule has 0 spiro atoms. The summed E-state index contributed by atoms with van der Waals surface area (Å²) < 4.78 is 4.75. The van der Waals surface area contributed by atoms with Gasteiger partial charge in [-0.05, 0) is 38.1 Å². The number of anilines is 3. The molecule has 3 aromatic rings. The molecule has 0 saturated carbocycles. The zero-order chi connectivity index (χ0) is 20.1. The molecule has 1 amide bonds. The number of benzene rings is 2. The third-order valence-electron chi connectivity index (χ3n) is 3.98. The van der Waals surface area contributed by atoms with Gasteiger partial charge in [-0.2, -0.15) is 0 Å². The average Bonchev–Trinajstić information content (AvgIpc) is 2.69. The maximum atomic E-state index is 12.7. The van der Waals surface area contributed by atoms with E-state index in [1.807, 2.05) is 31.2 Å². The third kappa shape index (κ3) is 4.50. The van der Waals surface area contributed by atoms with E-state index in [2.05, 4.69) is 20.6 Å². The Bertz CT molecular complexity index is 1020. The topological polar surface area (TPSA) is 93.2 Å². The first-order chi connectivity index (χ1) is 13.5. The predicted octanol–water partition coefficient (Wildman–Crippen LogP) is 3.88. The number of aryl methyl sites for hydroxylation is 2. The number of esters is 1. The van der Waals surface area contributed by atoms with Crippen molar-refractivity contribution in [2.24, 2.45) is 0 Å². The first-order valence-corrected chi connectivity index (χ1v) is 8.64. The summed E-state index contributed by atoms with van der Waals surface area (Å²) in [6.45, 7) is 3.71. The fourth-order valence-electron chi connectivity index (χ4n) is 2.60. The Labute approximate surface area is 162 Å². The number of carbonyl (C=O) groups excluding carboxylic acids is 2. The van der Waals surface area contributed by atoms with E-state index in [9.17, 15) is 9.59 Å². The summed E-state index contributed by atoms with van der Waals surface area (Å²) in [7, 11) is 1.29. The number of carbonyl (C=O) groups is 2. The lowest BCUT2D eigenvalue weighted by molar-refractivity contribution is 0.0602. The van der Waals surface area contributed by atoms with Crippen LogP contribution in [0.25, 0.3) is 0 Å². The van der Waals surface area contributed by atoms with E-state index >= 15 is 0 Å². The zero-order valence-electron chi connectivity index (χ0n) is 15.8. The molecule has 1 aromatic heterocycles. The Balaban J connectivity index is 1.84. The second-order valence-electron chi connectivity index (χ2n) is 6.17. The van der Waals surface area contributed by atoms with Crippen molar-refractivity contribution in [1.82, 2.24) is 9.97 Å². The normalized spacial score (nSPS) is 10.2. The van der Waals surface area contributed by atoms with E-state index in [0.717, 1.165) is 11.3 Å². The van der Waals surface area contributed by atoms with Gasteiger partial charge in [0.25, 0.3) is 5.91 Å². The molecule has 0 bridgehead atoms. The second-order valence-corrected chi connectivity index (χ2v) is 6.17. The molecule has 7 heteroatoms. The summed E-state index contributed by atoms with van der Waals surface area (Å²) in [5, 5.41) is 5.87. The van der Waals surface area contributed by atoms with Crippen LogP contribution in [0.4, 0.5) is 17.2 Å². The van der Waals surface area contributed by atoms with Crippen LogP contribution in [0, 0.1) is 13.8 Å². The number of rotatable bonds is 5. The first-order valence-electron chi connectivity index (χ1n) is 8.64. The Morgan fingerprint density at radius 1 is 0.964 bits per heavy atom. The van der Waals surface area contributed by atoms with Crippen molar-refractivity contribution in [2.75, 3.05) is 17.7 Å². The minimum Gasteiger partial charge on any atom is -0.465 e. The van der Waals surface area contributed by atoms with Crippen LogP contribution in [0.3, 0.4) is 0 Å². The molecule has 0 aliphatic carbocycles. The van der Waals surface area contributed by atoms with E-state index < -0.39 is 11.9 Å². The van der Waals surface area contributed by atoms with Crippen LogP contribution in [0.2, 0.25) is 0 Å². The first kappa shape index (κ1) is 19.0. The summed E-state index contributed by atoms with van der Waals surface area (Å²) in [5.41, 5.74) is 2.80.